The van der Waals surface area contributed by atoms with Crippen LogP contribution in [0.15, 0.2) is 0 Å². The van der Waals surface area contributed by atoms with Crippen LogP contribution < -0.4 is 0 Å². The summed E-state index contributed by atoms with van der Waals surface area (Å²) in [7, 11) is 0. The third kappa shape index (κ3) is 3.26. The monoisotopic (exact) mass is 265 g/mol. The number of carbonyl (C=O) groups is 1. The van der Waals surface area contributed by atoms with Crippen molar-refractivity contribution in [3.8, 4) is 6.07 Å². The Kier molecular flexibility index (Phi) is 4.43. The van der Waals surface area contributed by atoms with Gasteiger partial charge in [-0.05, 0) is 26.7 Å². The predicted molar refractivity (Wildman–Crippen MR) is 71.4 cm³/mol. The van der Waals surface area contributed by atoms with Gasteiger partial charge in [-0.3, -0.25) is 9.69 Å². The molecule has 106 valence electrons. The number of piperazine rings is 1. The first-order chi connectivity index (χ1) is 9.04. The third-order valence-corrected chi connectivity index (χ3v) is 4.23. The molecule has 0 N–H and O–H groups in total. The van der Waals surface area contributed by atoms with Gasteiger partial charge in [0.2, 0.25) is 5.91 Å². The first-order valence-corrected chi connectivity index (χ1v) is 7.07. The smallest absolute Gasteiger partial charge is 0.225 e. The Morgan fingerprint density at radius 1 is 1.21 bits per heavy atom. The fourth-order valence-electron chi connectivity index (χ4n) is 2.76. The van der Waals surface area contributed by atoms with Crippen molar-refractivity contribution in [3.63, 3.8) is 0 Å². The van der Waals surface area contributed by atoms with Crippen LogP contribution in [0.3, 0.4) is 0 Å². The topological polar surface area (TPSA) is 56.6 Å². The molecule has 0 saturated carbocycles. The second-order valence-corrected chi connectivity index (χ2v) is 5.87. The number of nitriles is 1. The Morgan fingerprint density at radius 3 is 2.32 bits per heavy atom. The number of amides is 1. The summed E-state index contributed by atoms with van der Waals surface area (Å²) in [4.78, 5) is 16.5. The average Bonchev–Trinajstić information content (AvgIpc) is 2.47. The largest absolute Gasteiger partial charge is 0.381 e. The number of rotatable bonds is 2. The van der Waals surface area contributed by atoms with Gasteiger partial charge in [-0.25, -0.2) is 0 Å². The van der Waals surface area contributed by atoms with E-state index in [2.05, 4.69) is 11.0 Å². The Labute approximate surface area is 115 Å². The van der Waals surface area contributed by atoms with Crippen LogP contribution >= 0.6 is 0 Å². The van der Waals surface area contributed by atoms with E-state index < -0.39 is 5.54 Å². The molecule has 19 heavy (non-hydrogen) atoms. The molecule has 5 nitrogen and oxygen atoms in total. The maximum Gasteiger partial charge on any atom is 0.225 e. The summed E-state index contributed by atoms with van der Waals surface area (Å²) in [5, 5.41) is 9.14. The van der Waals surface area contributed by atoms with E-state index in [9.17, 15) is 4.79 Å². The zero-order valence-electron chi connectivity index (χ0n) is 11.9. The molecule has 2 fully saturated rings. The van der Waals surface area contributed by atoms with Gasteiger partial charge in [0.25, 0.3) is 0 Å². The lowest BCUT2D eigenvalue weighted by Crippen LogP contribution is -2.56. The molecule has 2 heterocycles. The standard InChI is InChI=1S/C14H23N3O2/c1-14(2,11-15)17-7-5-16(6-8-17)13(18)12-3-9-19-10-4-12/h12H,3-10H2,1-2H3. The van der Waals surface area contributed by atoms with Gasteiger partial charge in [-0.1, -0.05) is 0 Å². The summed E-state index contributed by atoms with van der Waals surface area (Å²) in [6.45, 7) is 8.33. The van der Waals surface area contributed by atoms with E-state index in [4.69, 9.17) is 10.00 Å². The number of hydrogen-bond acceptors (Lipinski definition) is 4. The van der Waals surface area contributed by atoms with Crippen LogP contribution in [-0.2, 0) is 9.53 Å². The molecule has 0 aromatic carbocycles. The number of ether oxygens (including phenoxy) is 1. The van der Waals surface area contributed by atoms with E-state index in [-0.39, 0.29) is 11.8 Å². The van der Waals surface area contributed by atoms with E-state index in [0.29, 0.717) is 13.2 Å². The fraction of sp³-hybridized carbons (Fsp3) is 0.857. The molecule has 0 spiro atoms. The second-order valence-electron chi connectivity index (χ2n) is 5.87. The van der Waals surface area contributed by atoms with Crippen LogP contribution in [0.4, 0.5) is 0 Å². The third-order valence-electron chi connectivity index (χ3n) is 4.23. The van der Waals surface area contributed by atoms with Gasteiger partial charge in [-0.15, -0.1) is 0 Å². The van der Waals surface area contributed by atoms with Crippen LogP contribution in [0.1, 0.15) is 26.7 Å². The van der Waals surface area contributed by atoms with E-state index >= 15 is 0 Å². The lowest BCUT2D eigenvalue weighted by atomic mass is 9.97. The first kappa shape index (κ1) is 14.3. The highest BCUT2D eigenvalue weighted by atomic mass is 16.5. The SMILES string of the molecule is CC(C)(C#N)N1CCN(C(=O)C2CCOCC2)CC1. The molecule has 2 rings (SSSR count). The zero-order chi connectivity index (χ0) is 13.9. The molecule has 0 aliphatic carbocycles. The van der Waals surface area contributed by atoms with Crippen LogP contribution in [0.2, 0.25) is 0 Å². The Morgan fingerprint density at radius 2 is 1.79 bits per heavy atom. The number of carbonyl (C=O) groups excluding carboxylic acids is 1. The van der Waals surface area contributed by atoms with Crippen molar-refractivity contribution in [2.24, 2.45) is 5.92 Å². The maximum absolute atomic E-state index is 12.4. The van der Waals surface area contributed by atoms with Gasteiger partial charge in [0.15, 0.2) is 0 Å². The van der Waals surface area contributed by atoms with Gasteiger partial charge in [-0.2, -0.15) is 5.26 Å². The minimum atomic E-state index is -0.437. The summed E-state index contributed by atoms with van der Waals surface area (Å²) >= 11 is 0. The van der Waals surface area contributed by atoms with E-state index in [1.807, 2.05) is 18.7 Å². The molecule has 0 radical (unpaired) electrons. The molecule has 2 saturated heterocycles. The zero-order valence-corrected chi connectivity index (χ0v) is 11.9. The number of hydrogen-bond donors (Lipinski definition) is 0. The van der Waals surface area contributed by atoms with Gasteiger partial charge < -0.3 is 9.64 Å². The summed E-state index contributed by atoms with van der Waals surface area (Å²) in [6, 6.07) is 2.32. The quantitative estimate of drug-likeness (QED) is 0.743. The van der Waals surface area contributed by atoms with Gasteiger partial charge in [0, 0.05) is 45.3 Å². The molecule has 2 aliphatic heterocycles. The van der Waals surface area contributed by atoms with Crippen molar-refractivity contribution in [1.82, 2.24) is 9.80 Å². The molecule has 0 bridgehead atoms. The highest BCUT2D eigenvalue weighted by Crippen LogP contribution is 2.21. The minimum Gasteiger partial charge on any atom is -0.381 e. The lowest BCUT2D eigenvalue weighted by Gasteiger charge is -2.41. The molecule has 5 heteroatoms. The molecule has 0 atom stereocenters. The lowest BCUT2D eigenvalue weighted by molar-refractivity contribution is -0.140. The van der Waals surface area contributed by atoms with Crippen molar-refractivity contribution >= 4 is 5.91 Å². The van der Waals surface area contributed by atoms with Gasteiger partial charge in [0.1, 0.15) is 5.54 Å². The Hall–Kier alpha value is -1.12. The molecule has 0 unspecified atom stereocenters. The summed E-state index contributed by atoms with van der Waals surface area (Å²) in [5.74, 6) is 0.419. The normalized spacial score (nSPS) is 23.1. The molecule has 0 aromatic heterocycles. The van der Waals surface area contributed by atoms with E-state index in [1.54, 1.807) is 0 Å². The number of nitrogens with zero attached hydrogens (tertiary/aromatic N) is 3. The Balaban J connectivity index is 1.86. The summed E-state index contributed by atoms with van der Waals surface area (Å²) < 4.78 is 5.30. The van der Waals surface area contributed by atoms with Crippen LogP contribution in [-0.4, -0.2) is 60.6 Å². The average molecular weight is 265 g/mol. The van der Waals surface area contributed by atoms with Crippen molar-refractivity contribution in [2.45, 2.75) is 32.2 Å². The molecular formula is C14H23N3O2. The van der Waals surface area contributed by atoms with Crippen LogP contribution in [0.25, 0.3) is 0 Å². The van der Waals surface area contributed by atoms with Crippen molar-refractivity contribution in [3.05, 3.63) is 0 Å². The van der Waals surface area contributed by atoms with Crippen LogP contribution in [0, 0.1) is 17.2 Å². The maximum atomic E-state index is 12.4. The van der Waals surface area contributed by atoms with Gasteiger partial charge in [0.05, 0.1) is 6.07 Å². The summed E-state index contributed by atoms with van der Waals surface area (Å²) in [5.41, 5.74) is -0.437. The first-order valence-electron chi connectivity index (χ1n) is 7.07. The second kappa shape index (κ2) is 5.89. The van der Waals surface area contributed by atoms with E-state index in [1.165, 1.54) is 0 Å². The highest BCUT2D eigenvalue weighted by Gasteiger charge is 2.33. The molecular weight excluding hydrogens is 242 g/mol. The minimum absolute atomic E-state index is 0.143. The summed E-state index contributed by atoms with van der Waals surface area (Å²) in [6.07, 6.45) is 1.70. The molecule has 2 aliphatic rings. The van der Waals surface area contributed by atoms with Crippen molar-refractivity contribution < 1.29 is 9.53 Å². The van der Waals surface area contributed by atoms with Crippen molar-refractivity contribution in [1.29, 1.82) is 5.26 Å². The highest BCUT2D eigenvalue weighted by molar-refractivity contribution is 5.79. The van der Waals surface area contributed by atoms with Crippen molar-refractivity contribution in [2.75, 3.05) is 39.4 Å². The molecule has 1 amide bonds. The van der Waals surface area contributed by atoms with Crippen LogP contribution in [0.5, 0.6) is 0 Å². The molecule has 0 aromatic rings. The van der Waals surface area contributed by atoms with Gasteiger partial charge >= 0.3 is 0 Å². The van der Waals surface area contributed by atoms with E-state index in [0.717, 1.165) is 39.0 Å². The fourth-order valence-corrected chi connectivity index (χ4v) is 2.76. The predicted octanol–water partition coefficient (Wildman–Crippen LogP) is 0.859. The Bertz CT molecular complexity index is 361.